The number of thioether (sulfide) groups is 1. The second-order valence-corrected chi connectivity index (χ2v) is 6.31. The van der Waals surface area contributed by atoms with Crippen molar-refractivity contribution in [1.82, 2.24) is 5.32 Å². The van der Waals surface area contributed by atoms with E-state index in [0.717, 1.165) is 35.5 Å². The van der Waals surface area contributed by atoms with Crippen molar-refractivity contribution in [2.24, 2.45) is 0 Å². The number of hydrogen-bond acceptors (Lipinski definition) is 3. The molecule has 1 aliphatic rings. The molecular formula is C16H21NO2S. The van der Waals surface area contributed by atoms with Crippen molar-refractivity contribution in [3.63, 3.8) is 0 Å². The number of carbonyl (C=O) groups excluding carboxylic acids is 1. The smallest absolute Gasteiger partial charge is 0.244 e. The van der Waals surface area contributed by atoms with Gasteiger partial charge in [-0.25, -0.2) is 0 Å². The summed E-state index contributed by atoms with van der Waals surface area (Å²) in [6.07, 6.45) is 3.04. The molecule has 1 saturated heterocycles. The summed E-state index contributed by atoms with van der Waals surface area (Å²) >= 11 is 1.93. The van der Waals surface area contributed by atoms with E-state index in [-0.39, 0.29) is 12.5 Å². The lowest BCUT2D eigenvalue weighted by Gasteiger charge is -2.14. The molecule has 3 nitrogen and oxygen atoms in total. The van der Waals surface area contributed by atoms with E-state index in [9.17, 15) is 9.90 Å². The number of benzene rings is 1. The van der Waals surface area contributed by atoms with E-state index >= 15 is 0 Å². The molecule has 1 atom stereocenters. The molecule has 1 unspecified atom stereocenters. The summed E-state index contributed by atoms with van der Waals surface area (Å²) in [6.45, 7) is 2.24. The van der Waals surface area contributed by atoms with Crippen molar-refractivity contribution in [2.45, 2.75) is 25.9 Å². The van der Waals surface area contributed by atoms with Gasteiger partial charge in [-0.2, -0.15) is 11.8 Å². The van der Waals surface area contributed by atoms with Gasteiger partial charge < -0.3 is 10.4 Å². The zero-order valence-electron chi connectivity index (χ0n) is 11.8. The first-order valence-electron chi connectivity index (χ1n) is 6.95. The van der Waals surface area contributed by atoms with Gasteiger partial charge in [0.1, 0.15) is 0 Å². The molecule has 2 rings (SSSR count). The molecule has 1 amide bonds. The number of rotatable bonds is 4. The lowest BCUT2D eigenvalue weighted by molar-refractivity contribution is -0.117. The SMILES string of the molecule is Cc1cccc(C(O)CNC(=O)C=C2CCSCC2)c1. The van der Waals surface area contributed by atoms with Crippen molar-refractivity contribution in [3.05, 3.63) is 47.0 Å². The lowest BCUT2D eigenvalue weighted by atomic mass is 10.1. The number of aliphatic hydroxyl groups excluding tert-OH is 1. The van der Waals surface area contributed by atoms with Crippen LogP contribution < -0.4 is 5.32 Å². The molecule has 4 heteroatoms. The third kappa shape index (κ3) is 4.69. The molecule has 0 saturated carbocycles. The van der Waals surface area contributed by atoms with Gasteiger partial charge in [0, 0.05) is 12.6 Å². The normalized spacial score (nSPS) is 16.6. The number of carbonyl (C=O) groups is 1. The summed E-state index contributed by atoms with van der Waals surface area (Å²) in [5.41, 5.74) is 3.16. The van der Waals surface area contributed by atoms with E-state index in [1.807, 2.05) is 43.0 Å². The van der Waals surface area contributed by atoms with Crippen LogP contribution in [0.4, 0.5) is 0 Å². The van der Waals surface area contributed by atoms with Crippen molar-refractivity contribution < 1.29 is 9.90 Å². The number of hydrogen-bond donors (Lipinski definition) is 2. The Bertz CT molecular complexity index is 491. The summed E-state index contributed by atoms with van der Waals surface area (Å²) in [7, 11) is 0. The highest BCUT2D eigenvalue weighted by Gasteiger charge is 2.10. The Morgan fingerprint density at radius 1 is 1.45 bits per heavy atom. The van der Waals surface area contributed by atoms with Gasteiger partial charge in [0.25, 0.3) is 0 Å². The average Bonchev–Trinajstić information content (AvgIpc) is 2.46. The molecule has 0 radical (unpaired) electrons. The van der Waals surface area contributed by atoms with Gasteiger partial charge in [0.15, 0.2) is 0 Å². The molecule has 1 aromatic rings. The monoisotopic (exact) mass is 291 g/mol. The molecule has 1 aromatic carbocycles. The van der Waals surface area contributed by atoms with Gasteiger partial charge >= 0.3 is 0 Å². The van der Waals surface area contributed by atoms with E-state index in [1.54, 1.807) is 6.08 Å². The van der Waals surface area contributed by atoms with Crippen LogP contribution in [0.1, 0.15) is 30.1 Å². The lowest BCUT2D eigenvalue weighted by Crippen LogP contribution is -2.27. The van der Waals surface area contributed by atoms with Gasteiger partial charge in [-0.05, 0) is 36.8 Å². The van der Waals surface area contributed by atoms with Gasteiger partial charge in [0.05, 0.1) is 6.10 Å². The maximum atomic E-state index is 11.8. The fourth-order valence-electron chi connectivity index (χ4n) is 2.21. The second kappa shape index (κ2) is 7.50. The largest absolute Gasteiger partial charge is 0.387 e. The van der Waals surface area contributed by atoms with E-state index in [4.69, 9.17) is 0 Å². The highest BCUT2D eigenvalue weighted by molar-refractivity contribution is 7.99. The number of allylic oxidation sites excluding steroid dienone is 1. The van der Waals surface area contributed by atoms with Crippen molar-refractivity contribution in [2.75, 3.05) is 18.1 Å². The Morgan fingerprint density at radius 3 is 2.90 bits per heavy atom. The van der Waals surface area contributed by atoms with E-state index in [1.165, 1.54) is 5.57 Å². The Labute approximate surface area is 124 Å². The fourth-order valence-corrected chi connectivity index (χ4v) is 3.22. The molecule has 0 aromatic heterocycles. The topological polar surface area (TPSA) is 49.3 Å². The third-order valence-corrected chi connectivity index (χ3v) is 4.35. The Balaban J connectivity index is 1.83. The number of nitrogens with one attached hydrogen (secondary N) is 1. The molecule has 20 heavy (non-hydrogen) atoms. The summed E-state index contributed by atoms with van der Waals surface area (Å²) in [5.74, 6) is 2.11. The standard InChI is InChI=1S/C16H21NO2S/c1-12-3-2-4-14(9-12)15(18)11-17-16(19)10-13-5-7-20-8-6-13/h2-4,9-10,15,18H,5-8,11H2,1H3,(H,17,19). The van der Waals surface area contributed by atoms with Crippen LogP contribution in [-0.4, -0.2) is 29.1 Å². The molecule has 1 fully saturated rings. The number of aryl methyl sites for hydroxylation is 1. The predicted molar refractivity (Wildman–Crippen MR) is 83.8 cm³/mol. The van der Waals surface area contributed by atoms with Crippen molar-refractivity contribution >= 4 is 17.7 Å². The highest BCUT2D eigenvalue weighted by Crippen LogP contribution is 2.21. The summed E-state index contributed by atoms with van der Waals surface area (Å²) < 4.78 is 0. The van der Waals surface area contributed by atoms with Crippen molar-refractivity contribution in [1.29, 1.82) is 0 Å². The zero-order chi connectivity index (χ0) is 14.4. The first kappa shape index (κ1) is 15.1. The van der Waals surface area contributed by atoms with Gasteiger partial charge in [-0.3, -0.25) is 4.79 Å². The third-order valence-electron chi connectivity index (χ3n) is 3.37. The van der Waals surface area contributed by atoms with E-state index in [0.29, 0.717) is 0 Å². The minimum absolute atomic E-state index is 0.0985. The molecule has 2 N–H and O–H groups in total. The maximum absolute atomic E-state index is 11.8. The average molecular weight is 291 g/mol. The Hall–Kier alpha value is -1.26. The second-order valence-electron chi connectivity index (χ2n) is 5.09. The van der Waals surface area contributed by atoms with E-state index < -0.39 is 6.10 Å². The Morgan fingerprint density at radius 2 is 2.20 bits per heavy atom. The Kier molecular flexibility index (Phi) is 5.68. The van der Waals surface area contributed by atoms with Crippen LogP contribution in [0.3, 0.4) is 0 Å². The fraction of sp³-hybridized carbons (Fsp3) is 0.438. The molecule has 108 valence electrons. The molecule has 1 aliphatic heterocycles. The minimum atomic E-state index is -0.654. The van der Waals surface area contributed by atoms with Gasteiger partial charge in [0.2, 0.25) is 5.91 Å². The van der Waals surface area contributed by atoms with Crippen LogP contribution >= 0.6 is 11.8 Å². The highest BCUT2D eigenvalue weighted by atomic mass is 32.2. The number of amides is 1. The first-order chi connectivity index (χ1) is 9.65. The van der Waals surface area contributed by atoms with Crippen LogP contribution in [0.5, 0.6) is 0 Å². The van der Waals surface area contributed by atoms with Crippen molar-refractivity contribution in [3.8, 4) is 0 Å². The van der Waals surface area contributed by atoms with Crippen LogP contribution in [-0.2, 0) is 4.79 Å². The zero-order valence-corrected chi connectivity index (χ0v) is 12.6. The summed E-state index contributed by atoms with van der Waals surface area (Å²) in [5, 5.41) is 12.8. The quantitative estimate of drug-likeness (QED) is 0.838. The number of aliphatic hydroxyl groups is 1. The van der Waals surface area contributed by atoms with Crippen LogP contribution in [0.25, 0.3) is 0 Å². The minimum Gasteiger partial charge on any atom is -0.387 e. The molecule has 1 heterocycles. The van der Waals surface area contributed by atoms with E-state index in [2.05, 4.69) is 5.32 Å². The summed E-state index contributed by atoms with van der Waals surface area (Å²) in [6, 6.07) is 7.71. The molecular weight excluding hydrogens is 270 g/mol. The predicted octanol–water partition coefficient (Wildman–Crippen LogP) is 2.60. The van der Waals surface area contributed by atoms with Crippen LogP contribution in [0.15, 0.2) is 35.9 Å². The molecule has 0 aliphatic carbocycles. The van der Waals surface area contributed by atoms with Crippen LogP contribution in [0, 0.1) is 6.92 Å². The summed E-state index contributed by atoms with van der Waals surface area (Å²) in [4.78, 5) is 11.8. The first-order valence-corrected chi connectivity index (χ1v) is 8.10. The maximum Gasteiger partial charge on any atom is 0.244 e. The molecule has 0 bridgehead atoms. The van der Waals surface area contributed by atoms with Crippen LogP contribution in [0.2, 0.25) is 0 Å². The molecule has 0 spiro atoms. The van der Waals surface area contributed by atoms with Gasteiger partial charge in [-0.1, -0.05) is 35.4 Å². The van der Waals surface area contributed by atoms with Gasteiger partial charge in [-0.15, -0.1) is 0 Å².